The summed E-state index contributed by atoms with van der Waals surface area (Å²) in [5.74, 6) is -0.119. The highest BCUT2D eigenvalue weighted by Crippen LogP contribution is 2.28. The maximum atomic E-state index is 12.6. The van der Waals surface area contributed by atoms with E-state index in [1.807, 2.05) is 0 Å². The fourth-order valence-corrected chi connectivity index (χ4v) is 4.71. The number of hydrogen-bond acceptors (Lipinski definition) is 3. The summed E-state index contributed by atoms with van der Waals surface area (Å²) >= 11 is 6.52. The monoisotopic (exact) mass is 410 g/mol. The number of halogens is 2. The van der Waals surface area contributed by atoms with E-state index in [1.165, 1.54) is 4.31 Å². The molecule has 0 bridgehead atoms. The van der Waals surface area contributed by atoms with Crippen molar-refractivity contribution in [1.29, 1.82) is 0 Å². The molecule has 1 saturated heterocycles. The molecule has 0 aromatic heterocycles. The highest BCUT2D eigenvalue weighted by atomic mass is 79.9. The molecule has 2 rings (SSSR count). The minimum atomic E-state index is -3.60. The topological polar surface area (TPSA) is 66.5 Å². The Hall–Kier alpha value is -0.440. The molecular formula is C11H12Br2N2O3S. The summed E-state index contributed by atoms with van der Waals surface area (Å²) in [5, 5.41) is 2.66. The number of rotatable bonds is 2. The molecule has 1 aromatic rings. The van der Waals surface area contributed by atoms with Crippen LogP contribution in [0.25, 0.3) is 0 Å². The lowest BCUT2D eigenvalue weighted by Gasteiger charge is -2.20. The third-order valence-corrected chi connectivity index (χ3v) is 6.17. The average Bonchev–Trinajstić information content (AvgIpc) is 2.57. The fraction of sp³-hybridized carbons (Fsp3) is 0.364. The van der Waals surface area contributed by atoms with E-state index in [4.69, 9.17) is 0 Å². The molecular weight excluding hydrogens is 400 g/mol. The summed E-state index contributed by atoms with van der Waals surface area (Å²) in [6.45, 7) is 0.823. The second-order valence-electron chi connectivity index (χ2n) is 4.08. The van der Waals surface area contributed by atoms with Crippen LogP contribution < -0.4 is 5.32 Å². The van der Waals surface area contributed by atoms with E-state index < -0.39 is 10.0 Å². The lowest BCUT2D eigenvalue weighted by Crippen LogP contribution is -2.34. The lowest BCUT2D eigenvalue weighted by atomic mass is 10.4. The minimum absolute atomic E-state index is 0.119. The first-order chi connectivity index (χ1) is 8.91. The van der Waals surface area contributed by atoms with Gasteiger partial charge in [0.2, 0.25) is 15.9 Å². The van der Waals surface area contributed by atoms with E-state index in [9.17, 15) is 13.2 Å². The first-order valence-electron chi connectivity index (χ1n) is 5.63. The first-order valence-corrected chi connectivity index (χ1v) is 8.66. The molecule has 5 nitrogen and oxygen atoms in total. The quantitative estimate of drug-likeness (QED) is 0.805. The van der Waals surface area contributed by atoms with E-state index in [1.54, 1.807) is 18.2 Å². The van der Waals surface area contributed by atoms with Crippen molar-refractivity contribution in [2.45, 2.75) is 11.3 Å². The normalized spacial score (nSPS) is 17.9. The molecule has 1 aliphatic heterocycles. The van der Waals surface area contributed by atoms with E-state index in [0.29, 0.717) is 15.5 Å². The SMILES string of the molecule is O=C1CCN(S(=O)(=O)c2cc(Br)ccc2Br)CCN1. The molecule has 1 heterocycles. The van der Waals surface area contributed by atoms with E-state index in [-0.39, 0.29) is 30.3 Å². The Morgan fingerprint density at radius 3 is 2.68 bits per heavy atom. The van der Waals surface area contributed by atoms with Crippen LogP contribution in [0.15, 0.2) is 32.0 Å². The third kappa shape index (κ3) is 3.36. The average molecular weight is 412 g/mol. The smallest absolute Gasteiger partial charge is 0.244 e. The van der Waals surface area contributed by atoms with Crippen molar-refractivity contribution in [2.24, 2.45) is 0 Å². The Morgan fingerprint density at radius 1 is 1.21 bits per heavy atom. The minimum Gasteiger partial charge on any atom is -0.355 e. The molecule has 0 radical (unpaired) electrons. The molecule has 8 heteroatoms. The van der Waals surface area contributed by atoms with Gasteiger partial charge in [0.05, 0.1) is 4.90 Å². The van der Waals surface area contributed by atoms with Gasteiger partial charge in [0.15, 0.2) is 0 Å². The first kappa shape index (κ1) is 15.0. The summed E-state index contributed by atoms with van der Waals surface area (Å²) in [6, 6.07) is 4.99. The second kappa shape index (κ2) is 5.90. The van der Waals surface area contributed by atoms with Crippen LogP contribution in [0.4, 0.5) is 0 Å². The zero-order valence-corrected chi connectivity index (χ0v) is 13.9. The Morgan fingerprint density at radius 2 is 1.95 bits per heavy atom. The summed E-state index contributed by atoms with van der Waals surface area (Å²) < 4.78 is 27.6. The van der Waals surface area contributed by atoms with Gasteiger partial charge in [0, 0.05) is 35.0 Å². The summed E-state index contributed by atoms with van der Waals surface area (Å²) in [6.07, 6.45) is 0.185. The molecule has 104 valence electrons. The molecule has 1 amide bonds. The zero-order chi connectivity index (χ0) is 14.0. The standard InChI is InChI=1S/C11H12Br2N2O3S/c12-8-1-2-9(13)10(7-8)19(17,18)15-5-3-11(16)14-4-6-15/h1-2,7H,3-6H2,(H,14,16). The number of carbonyl (C=O) groups is 1. The fourth-order valence-electron chi connectivity index (χ4n) is 1.80. The Bertz CT molecular complexity index is 604. The predicted octanol–water partition coefficient (Wildman–Crippen LogP) is 1.72. The molecule has 0 spiro atoms. The largest absolute Gasteiger partial charge is 0.355 e. The number of sulfonamides is 1. The van der Waals surface area contributed by atoms with Gasteiger partial charge in [-0.3, -0.25) is 4.79 Å². The van der Waals surface area contributed by atoms with Gasteiger partial charge in [-0.25, -0.2) is 8.42 Å². The van der Waals surface area contributed by atoms with Crippen LogP contribution in [0, 0.1) is 0 Å². The maximum Gasteiger partial charge on any atom is 0.244 e. The van der Waals surface area contributed by atoms with Crippen molar-refractivity contribution in [1.82, 2.24) is 9.62 Å². The number of benzene rings is 1. The van der Waals surface area contributed by atoms with Crippen LogP contribution >= 0.6 is 31.9 Å². The van der Waals surface area contributed by atoms with Crippen LogP contribution in [0.2, 0.25) is 0 Å². The van der Waals surface area contributed by atoms with Crippen LogP contribution in [0.3, 0.4) is 0 Å². The van der Waals surface area contributed by atoms with Gasteiger partial charge in [0.25, 0.3) is 0 Å². The number of hydrogen-bond donors (Lipinski definition) is 1. The molecule has 0 atom stereocenters. The predicted molar refractivity (Wildman–Crippen MR) is 78.2 cm³/mol. The van der Waals surface area contributed by atoms with Gasteiger partial charge in [-0.15, -0.1) is 0 Å². The Labute approximate surface area is 128 Å². The Kier molecular flexibility index (Phi) is 4.65. The van der Waals surface area contributed by atoms with Gasteiger partial charge in [-0.05, 0) is 34.1 Å². The van der Waals surface area contributed by atoms with E-state index >= 15 is 0 Å². The Balaban J connectivity index is 2.36. The summed E-state index contributed by atoms with van der Waals surface area (Å²) in [5.41, 5.74) is 0. The van der Waals surface area contributed by atoms with Gasteiger partial charge in [-0.2, -0.15) is 4.31 Å². The van der Waals surface area contributed by atoms with Crippen molar-refractivity contribution in [2.75, 3.05) is 19.6 Å². The molecule has 1 fully saturated rings. The highest BCUT2D eigenvalue weighted by Gasteiger charge is 2.28. The molecule has 1 N–H and O–H groups in total. The van der Waals surface area contributed by atoms with Gasteiger partial charge in [0.1, 0.15) is 0 Å². The van der Waals surface area contributed by atoms with Gasteiger partial charge < -0.3 is 5.32 Å². The van der Waals surface area contributed by atoms with Crippen molar-refractivity contribution in [3.05, 3.63) is 27.1 Å². The van der Waals surface area contributed by atoms with E-state index in [2.05, 4.69) is 37.2 Å². The molecule has 0 unspecified atom stereocenters. The van der Waals surface area contributed by atoms with Crippen LogP contribution in [-0.2, 0) is 14.8 Å². The second-order valence-corrected chi connectivity index (χ2v) is 7.76. The van der Waals surface area contributed by atoms with Crippen LogP contribution in [-0.4, -0.2) is 38.3 Å². The van der Waals surface area contributed by atoms with Crippen molar-refractivity contribution < 1.29 is 13.2 Å². The zero-order valence-electron chi connectivity index (χ0n) is 9.90. The van der Waals surface area contributed by atoms with Crippen LogP contribution in [0.1, 0.15) is 6.42 Å². The van der Waals surface area contributed by atoms with Crippen molar-refractivity contribution in [3.63, 3.8) is 0 Å². The molecule has 0 saturated carbocycles. The maximum absolute atomic E-state index is 12.6. The molecule has 19 heavy (non-hydrogen) atoms. The number of amides is 1. The highest BCUT2D eigenvalue weighted by molar-refractivity contribution is 9.11. The number of nitrogens with one attached hydrogen (secondary N) is 1. The van der Waals surface area contributed by atoms with Crippen molar-refractivity contribution in [3.8, 4) is 0 Å². The number of nitrogens with zero attached hydrogens (tertiary/aromatic N) is 1. The van der Waals surface area contributed by atoms with Crippen LogP contribution in [0.5, 0.6) is 0 Å². The van der Waals surface area contributed by atoms with Gasteiger partial charge in [-0.1, -0.05) is 15.9 Å². The summed E-state index contributed by atoms with van der Waals surface area (Å²) in [4.78, 5) is 11.5. The molecule has 0 aliphatic carbocycles. The van der Waals surface area contributed by atoms with Crippen molar-refractivity contribution >= 4 is 47.8 Å². The molecule has 1 aromatic carbocycles. The summed E-state index contributed by atoms with van der Waals surface area (Å²) in [7, 11) is -3.60. The third-order valence-electron chi connectivity index (χ3n) is 2.78. The van der Waals surface area contributed by atoms with E-state index in [0.717, 1.165) is 0 Å². The number of carbonyl (C=O) groups excluding carboxylic acids is 1. The lowest BCUT2D eigenvalue weighted by molar-refractivity contribution is -0.120. The molecule has 1 aliphatic rings. The van der Waals surface area contributed by atoms with Gasteiger partial charge >= 0.3 is 0 Å².